The van der Waals surface area contributed by atoms with Crippen LogP contribution in [0.2, 0.25) is 0 Å². The van der Waals surface area contributed by atoms with Gasteiger partial charge in [0.25, 0.3) is 0 Å². The summed E-state index contributed by atoms with van der Waals surface area (Å²) in [5.41, 5.74) is 0. The third-order valence-corrected chi connectivity index (χ3v) is 1.12. The van der Waals surface area contributed by atoms with Gasteiger partial charge in [-0.2, -0.15) is 0 Å². The van der Waals surface area contributed by atoms with Crippen molar-refractivity contribution in [3.05, 3.63) is 6.92 Å². The standard InChI is InChI=1S/C4H8NO3S/c1-3-4(6)5-9(2,7)8/h1,3H2,2H3,(H,5,6). The molecule has 0 aliphatic heterocycles. The Labute approximate surface area is 54.3 Å². The molecule has 1 N–H and O–H groups in total. The number of rotatable bonds is 2. The second kappa shape index (κ2) is 2.82. The van der Waals surface area contributed by atoms with Crippen molar-refractivity contribution in [1.29, 1.82) is 0 Å². The molecule has 0 aliphatic rings. The molecule has 0 aromatic carbocycles. The molecule has 0 rings (SSSR count). The smallest absolute Gasteiger partial charge is 0.233 e. The van der Waals surface area contributed by atoms with E-state index in [9.17, 15) is 13.2 Å². The van der Waals surface area contributed by atoms with Gasteiger partial charge in [0, 0.05) is 6.42 Å². The lowest BCUT2D eigenvalue weighted by Crippen LogP contribution is -2.28. The van der Waals surface area contributed by atoms with Crippen LogP contribution < -0.4 is 4.72 Å². The molecule has 0 heterocycles. The van der Waals surface area contributed by atoms with Crippen molar-refractivity contribution in [3.8, 4) is 0 Å². The summed E-state index contributed by atoms with van der Waals surface area (Å²) in [4.78, 5) is 10.3. The monoisotopic (exact) mass is 150 g/mol. The highest BCUT2D eigenvalue weighted by atomic mass is 32.2. The van der Waals surface area contributed by atoms with Crippen molar-refractivity contribution in [3.63, 3.8) is 0 Å². The Balaban J connectivity index is 3.91. The van der Waals surface area contributed by atoms with Crippen LogP contribution >= 0.6 is 0 Å². The third kappa shape index (κ3) is 5.29. The number of hydrogen-bond acceptors (Lipinski definition) is 3. The molecule has 0 saturated heterocycles. The predicted molar refractivity (Wildman–Crippen MR) is 33.0 cm³/mol. The molecule has 0 aromatic heterocycles. The summed E-state index contributed by atoms with van der Waals surface area (Å²) in [5.74, 6) is -0.586. The van der Waals surface area contributed by atoms with E-state index in [0.29, 0.717) is 0 Å². The van der Waals surface area contributed by atoms with Crippen LogP contribution in [-0.4, -0.2) is 20.6 Å². The molecular formula is C4H8NO3S. The number of carbonyl (C=O) groups is 1. The lowest BCUT2D eigenvalue weighted by molar-refractivity contribution is -0.118. The fraction of sp³-hybridized carbons (Fsp3) is 0.500. The maximum absolute atomic E-state index is 10.3. The highest BCUT2D eigenvalue weighted by Crippen LogP contribution is 1.78. The summed E-state index contributed by atoms with van der Waals surface area (Å²) in [7, 11) is -3.37. The topological polar surface area (TPSA) is 63.2 Å². The Morgan fingerprint density at radius 1 is 1.67 bits per heavy atom. The molecular weight excluding hydrogens is 142 g/mol. The van der Waals surface area contributed by atoms with Crippen molar-refractivity contribution >= 4 is 15.9 Å². The van der Waals surface area contributed by atoms with Gasteiger partial charge in [-0.1, -0.05) is 0 Å². The number of carbonyl (C=O) groups excluding carboxylic acids is 1. The summed E-state index contributed by atoms with van der Waals surface area (Å²) in [6.07, 6.45) is 0.855. The van der Waals surface area contributed by atoms with E-state index in [-0.39, 0.29) is 6.42 Å². The zero-order valence-corrected chi connectivity index (χ0v) is 5.86. The highest BCUT2D eigenvalue weighted by Gasteiger charge is 2.03. The molecule has 4 nitrogen and oxygen atoms in total. The second-order valence-corrected chi connectivity index (χ2v) is 3.30. The van der Waals surface area contributed by atoms with Crippen LogP contribution in [-0.2, 0) is 14.8 Å². The lowest BCUT2D eigenvalue weighted by Gasteiger charge is -1.96. The Morgan fingerprint density at radius 3 is 2.22 bits per heavy atom. The normalized spacial score (nSPS) is 10.9. The van der Waals surface area contributed by atoms with Gasteiger partial charge in [-0.25, -0.2) is 8.42 Å². The third-order valence-electron chi connectivity index (χ3n) is 0.526. The molecule has 53 valence electrons. The number of sulfonamides is 1. The Morgan fingerprint density at radius 2 is 2.11 bits per heavy atom. The largest absolute Gasteiger partial charge is 0.274 e. The Bertz CT molecular complexity index is 194. The molecule has 0 saturated carbocycles. The van der Waals surface area contributed by atoms with Crippen LogP contribution in [0.25, 0.3) is 0 Å². The molecule has 9 heavy (non-hydrogen) atoms. The van der Waals surface area contributed by atoms with E-state index < -0.39 is 15.9 Å². The summed E-state index contributed by atoms with van der Waals surface area (Å²) in [6.45, 7) is 3.19. The number of amides is 1. The van der Waals surface area contributed by atoms with Gasteiger partial charge in [0.1, 0.15) is 0 Å². The van der Waals surface area contributed by atoms with Crippen molar-refractivity contribution < 1.29 is 13.2 Å². The van der Waals surface area contributed by atoms with E-state index in [1.54, 1.807) is 4.72 Å². The first-order valence-corrected chi connectivity index (χ1v) is 4.14. The van der Waals surface area contributed by atoms with E-state index >= 15 is 0 Å². The lowest BCUT2D eigenvalue weighted by atomic mass is 10.5. The first-order valence-electron chi connectivity index (χ1n) is 2.25. The quantitative estimate of drug-likeness (QED) is 0.565. The van der Waals surface area contributed by atoms with Crippen molar-refractivity contribution in [2.75, 3.05) is 6.26 Å². The van der Waals surface area contributed by atoms with Crippen molar-refractivity contribution in [1.82, 2.24) is 4.72 Å². The molecule has 0 spiro atoms. The van der Waals surface area contributed by atoms with Gasteiger partial charge in [0.2, 0.25) is 15.9 Å². The van der Waals surface area contributed by atoms with Gasteiger partial charge in [-0.3, -0.25) is 9.52 Å². The first-order chi connectivity index (χ1) is 3.95. The van der Waals surface area contributed by atoms with Crippen LogP contribution in [0.1, 0.15) is 6.42 Å². The zero-order valence-electron chi connectivity index (χ0n) is 5.05. The van der Waals surface area contributed by atoms with Crippen molar-refractivity contribution in [2.24, 2.45) is 0 Å². The Hall–Kier alpha value is -0.580. The average Bonchev–Trinajstić information content (AvgIpc) is 1.62. The molecule has 0 unspecified atom stereocenters. The first kappa shape index (κ1) is 8.42. The van der Waals surface area contributed by atoms with Gasteiger partial charge in [0.15, 0.2) is 0 Å². The molecule has 1 amide bonds. The van der Waals surface area contributed by atoms with Gasteiger partial charge < -0.3 is 0 Å². The molecule has 1 radical (unpaired) electrons. The average molecular weight is 150 g/mol. The van der Waals surface area contributed by atoms with E-state index in [4.69, 9.17) is 0 Å². The van der Waals surface area contributed by atoms with Crippen LogP contribution in [0.15, 0.2) is 0 Å². The molecule has 0 atom stereocenters. The fourth-order valence-electron chi connectivity index (χ4n) is 0.258. The number of hydrogen-bond donors (Lipinski definition) is 1. The molecule has 0 bridgehead atoms. The fourth-order valence-corrected chi connectivity index (χ4v) is 0.773. The minimum Gasteiger partial charge on any atom is -0.274 e. The van der Waals surface area contributed by atoms with Crippen molar-refractivity contribution in [2.45, 2.75) is 6.42 Å². The molecule has 0 fully saturated rings. The summed E-state index contributed by atoms with van der Waals surface area (Å²) >= 11 is 0. The van der Waals surface area contributed by atoms with Gasteiger partial charge >= 0.3 is 0 Å². The van der Waals surface area contributed by atoms with Gasteiger partial charge in [-0.05, 0) is 6.92 Å². The zero-order chi connectivity index (χ0) is 7.49. The summed E-state index contributed by atoms with van der Waals surface area (Å²) < 4.78 is 22.2. The van der Waals surface area contributed by atoms with Crippen LogP contribution in [0.5, 0.6) is 0 Å². The number of nitrogens with one attached hydrogen (secondary N) is 1. The van der Waals surface area contributed by atoms with Gasteiger partial charge in [-0.15, -0.1) is 0 Å². The minimum absolute atomic E-state index is 0.0624. The molecule has 0 aromatic rings. The van der Waals surface area contributed by atoms with Crippen LogP contribution in [0, 0.1) is 6.92 Å². The molecule has 5 heteroatoms. The van der Waals surface area contributed by atoms with Crippen LogP contribution in [0.4, 0.5) is 0 Å². The SMILES string of the molecule is [CH2]CC(=O)NS(C)(=O)=O. The maximum atomic E-state index is 10.3. The van der Waals surface area contributed by atoms with E-state index in [0.717, 1.165) is 6.26 Å². The summed E-state index contributed by atoms with van der Waals surface area (Å²) in [5, 5.41) is 0. The second-order valence-electron chi connectivity index (χ2n) is 1.55. The minimum atomic E-state index is -3.37. The van der Waals surface area contributed by atoms with Crippen LogP contribution in [0.3, 0.4) is 0 Å². The Kier molecular flexibility index (Phi) is 2.64. The van der Waals surface area contributed by atoms with E-state index in [1.807, 2.05) is 0 Å². The van der Waals surface area contributed by atoms with E-state index in [1.165, 1.54) is 0 Å². The van der Waals surface area contributed by atoms with E-state index in [2.05, 4.69) is 6.92 Å². The molecule has 0 aliphatic carbocycles. The summed E-state index contributed by atoms with van der Waals surface area (Å²) in [6, 6.07) is 0. The van der Waals surface area contributed by atoms with Gasteiger partial charge in [0.05, 0.1) is 6.26 Å². The highest BCUT2D eigenvalue weighted by molar-refractivity contribution is 7.89. The predicted octanol–water partition coefficient (Wildman–Crippen LogP) is -0.714. The maximum Gasteiger partial charge on any atom is 0.233 e.